The van der Waals surface area contributed by atoms with E-state index in [1.807, 2.05) is 24.3 Å². The van der Waals surface area contributed by atoms with Crippen molar-refractivity contribution in [3.8, 4) is 0 Å². The van der Waals surface area contributed by atoms with Crippen LogP contribution in [0.5, 0.6) is 0 Å². The Labute approximate surface area is 148 Å². The molecule has 3 rings (SSSR count). The maximum atomic E-state index is 12.3. The van der Waals surface area contributed by atoms with E-state index in [0.29, 0.717) is 17.9 Å². The molecule has 128 valence electrons. The molecule has 0 saturated heterocycles. The average molecular weight is 357 g/mol. The van der Waals surface area contributed by atoms with E-state index in [-0.39, 0.29) is 24.0 Å². The molecular weight excluding hydrogens is 342 g/mol. The molecule has 0 atom stereocenters. The molecule has 2 amide bonds. The van der Waals surface area contributed by atoms with Gasteiger partial charge in [-0.3, -0.25) is 19.7 Å². The lowest BCUT2D eigenvalue weighted by atomic mass is 10.2. The van der Waals surface area contributed by atoms with E-state index in [0.717, 1.165) is 10.6 Å². The number of carbonyl (C=O) groups excluding carboxylic acids is 2. The molecule has 8 heteroatoms. The first-order chi connectivity index (χ1) is 12.0. The Morgan fingerprint density at radius 1 is 1.20 bits per heavy atom. The lowest BCUT2D eigenvalue weighted by Gasteiger charge is -2.22. The van der Waals surface area contributed by atoms with E-state index >= 15 is 0 Å². The van der Waals surface area contributed by atoms with Crippen LogP contribution in [0.15, 0.2) is 53.4 Å². The van der Waals surface area contributed by atoms with Gasteiger partial charge in [0, 0.05) is 34.9 Å². The molecule has 1 N–H and O–H groups in total. The first-order valence-corrected chi connectivity index (χ1v) is 8.59. The fraction of sp³-hybridized carbons (Fsp3) is 0.176. The van der Waals surface area contributed by atoms with E-state index in [2.05, 4.69) is 5.32 Å². The van der Waals surface area contributed by atoms with Crippen LogP contribution >= 0.6 is 11.8 Å². The van der Waals surface area contributed by atoms with Crippen molar-refractivity contribution in [2.75, 3.05) is 22.5 Å². The second-order valence-electron chi connectivity index (χ2n) is 5.40. The molecule has 7 nitrogen and oxygen atoms in total. The molecule has 25 heavy (non-hydrogen) atoms. The van der Waals surface area contributed by atoms with Gasteiger partial charge in [0.1, 0.15) is 6.54 Å². The smallest absolute Gasteiger partial charge is 0.269 e. The van der Waals surface area contributed by atoms with E-state index in [4.69, 9.17) is 0 Å². The average Bonchev–Trinajstić information content (AvgIpc) is 2.75. The normalized spacial score (nSPS) is 13.8. The minimum atomic E-state index is -0.504. The van der Waals surface area contributed by atoms with E-state index < -0.39 is 4.92 Å². The monoisotopic (exact) mass is 357 g/mol. The molecule has 1 aliphatic heterocycles. The minimum absolute atomic E-state index is 0.0494. The van der Waals surface area contributed by atoms with Crippen LogP contribution in [-0.2, 0) is 9.59 Å². The first-order valence-electron chi connectivity index (χ1n) is 7.61. The van der Waals surface area contributed by atoms with Crippen molar-refractivity contribution in [1.29, 1.82) is 0 Å². The van der Waals surface area contributed by atoms with E-state index in [1.165, 1.54) is 29.2 Å². The van der Waals surface area contributed by atoms with Crippen LogP contribution in [0, 0.1) is 10.1 Å². The van der Waals surface area contributed by atoms with Crippen molar-refractivity contribution in [2.24, 2.45) is 0 Å². The highest BCUT2D eigenvalue weighted by Crippen LogP contribution is 2.33. The fourth-order valence-electron chi connectivity index (χ4n) is 2.50. The third kappa shape index (κ3) is 3.97. The molecular formula is C17H15N3O4S. The van der Waals surface area contributed by atoms with Crippen molar-refractivity contribution >= 4 is 40.6 Å². The molecule has 2 aromatic rings. The summed E-state index contributed by atoms with van der Waals surface area (Å²) in [6, 6.07) is 13.0. The van der Waals surface area contributed by atoms with Crippen molar-refractivity contribution < 1.29 is 14.5 Å². The highest BCUT2D eigenvalue weighted by Gasteiger charge is 2.24. The summed E-state index contributed by atoms with van der Waals surface area (Å²) in [6.45, 7) is -0.104. The molecule has 0 aliphatic carbocycles. The topological polar surface area (TPSA) is 92.6 Å². The molecule has 0 unspecified atom stereocenters. The van der Waals surface area contributed by atoms with Crippen molar-refractivity contribution in [3.05, 3.63) is 58.6 Å². The molecule has 1 heterocycles. The van der Waals surface area contributed by atoms with Crippen LogP contribution in [0.25, 0.3) is 0 Å². The predicted octanol–water partition coefficient (Wildman–Crippen LogP) is 3.06. The summed E-state index contributed by atoms with van der Waals surface area (Å²) < 4.78 is 0. The van der Waals surface area contributed by atoms with Gasteiger partial charge < -0.3 is 10.2 Å². The Bertz CT molecular complexity index is 823. The lowest BCUT2D eigenvalue weighted by molar-refractivity contribution is -0.384. The van der Waals surface area contributed by atoms with Crippen LogP contribution in [-0.4, -0.2) is 29.0 Å². The number of rotatable bonds is 4. The number of benzene rings is 2. The predicted molar refractivity (Wildman–Crippen MR) is 95.9 cm³/mol. The molecule has 0 aromatic heterocycles. The molecule has 0 spiro atoms. The van der Waals surface area contributed by atoms with Crippen molar-refractivity contribution in [3.63, 3.8) is 0 Å². The summed E-state index contributed by atoms with van der Waals surface area (Å²) in [5.74, 6) is 0.219. The zero-order chi connectivity index (χ0) is 17.8. The number of nitrogens with zero attached hydrogens (tertiary/aromatic N) is 2. The largest absolute Gasteiger partial charge is 0.325 e. The van der Waals surface area contributed by atoms with Gasteiger partial charge in [-0.2, -0.15) is 0 Å². The van der Waals surface area contributed by atoms with Gasteiger partial charge >= 0.3 is 0 Å². The van der Waals surface area contributed by atoms with Gasteiger partial charge in [0.05, 0.1) is 10.6 Å². The first kappa shape index (κ1) is 17.0. The van der Waals surface area contributed by atoms with Crippen molar-refractivity contribution in [2.45, 2.75) is 11.3 Å². The summed E-state index contributed by atoms with van der Waals surface area (Å²) in [4.78, 5) is 37.3. The van der Waals surface area contributed by atoms with Gasteiger partial charge in [0.2, 0.25) is 11.8 Å². The molecule has 0 fully saturated rings. The summed E-state index contributed by atoms with van der Waals surface area (Å²) >= 11 is 1.59. The number of fused-ring (bicyclic) bond motifs is 1. The van der Waals surface area contributed by atoms with Crippen LogP contribution in [0.2, 0.25) is 0 Å². The molecule has 0 bridgehead atoms. The Hall–Kier alpha value is -2.87. The van der Waals surface area contributed by atoms with Crippen LogP contribution in [0.4, 0.5) is 17.1 Å². The molecule has 0 radical (unpaired) electrons. The summed E-state index contributed by atoms with van der Waals surface area (Å²) in [5, 5.41) is 13.3. The van der Waals surface area contributed by atoms with E-state index in [1.54, 1.807) is 11.8 Å². The number of nitro benzene ring substituents is 1. The number of carbonyl (C=O) groups is 2. The number of hydrogen-bond donors (Lipinski definition) is 1. The summed E-state index contributed by atoms with van der Waals surface area (Å²) in [7, 11) is 0. The molecule has 2 aromatic carbocycles. The highest BCUT2D eigenvalue weighted by atomic mass is 32.2. The molecule has 1 aliphatic rings. The number of para-hydroxylation sites is 1. The maximum Gasteiger partial charge on any atom is 0.269 e. The number of non-ortho nitro benzene ring substituents is 1. The van der Waals surface area contributed by atoms with Gasteiger partial charge in [-0.1, -0.05) is 12.1 Å². The molecule has 0 saturated carbocycles. The Morgan fingerprint density at radius 2 is 1.92 bits per heavy atom. The van der Waals surface area contributed by atoms with Gasteiger partial charge in [-0.25, -0.2) is 0 Å². The van der Waals surface area contributed by atoms with Gasteiger partial charge in [0.25, 0.3) is 5.69 Å². The Balaban J connectivity index is 1.73. The number of thioether (sulfide) groups is 1. The van der Waals surface area contributed by atoms with Gasteiger partial charge in [0.15, 0.2) is 0 Å². The number of nitro groups is 1. The summed E-state index contributed by atoms with van der Waals surface area (Å²) in [6.07, 6.45) is 0.365. The van der Waals surface area contributed by atoms with Crippen LogP contribution in [0.3, 0.4) is 0 Å². The third-order valence-corrected chi connectivity index (χ3v) is 4.76. The second kappa shape index (κ2) is 7.35. The van der Waals surface area contributed by atoms with Crippen molar-refractivity contribution in [1.82, 2.24) is 0 Å². The van der Waals surface area contributed by atoms with Crippen LogP contribution in [0.1, 0.15) is 6.42 Å². The highest BCUT2D eigenvalue weighted by molar-refractivity contribution is 7.99. The van der Waals surface area contributed by atoms with E-state index in [9.17, 15) is 19.7 Å². The Kier molecular flexibility index (Phi) is 4.99. The lowest BCUT2D eigenvalue weighted by Crippen LogP contribution is -2.37. The number of amides is 2. The third-order valence-electron chi connectivity index (χ3n) is 3.69. The maximum absolute atomic E-state index is 12.3. The number of nitrogens with one attached hydrogen (secondary N) is 1. The SMILES string of the molecule is O=C(CN1C(=O)CCSc2ccccc21)Nc1ccc([N+](=O)[O-])cc1. The standard InChI is InChI=1S/C17H15N3O4S/c21-16(18-12-5-7-13(8-6-12)20(23)24)11-19-14-3-1-2-4-15(14)25-10-9-17(19)22/h1-8H,9-11H2,(H,18,21). The van der Waals surface area contributed by atoms with Gasteiger partial charge in [-0.05, 0) is 24.3 Å². The summed E-state index contributed by atoms with van der Waals surface area (Å²) in [5.41, 5.74) is 1.13. The minimum Gasteiger partial charge on any atom is -0.325 e. The number of anilines is 2. The van der Waals surface area contributed by atoms with Crippen LogP contribution < -0.4 is 10.2 Å². The zero-order valence-electron chi connectivity index (χ0n) is 13.2. The Morgan fingerprint density at radius 3 is 2.64 bits per heavy atom. The quantitative estimate of drug-likeness (QED) is 0.670. The number of hydrogen-bond acceptors (Lipinski definition) is 5. The second-order valence-corrected chi connectivity index (χ2v) is 6.53. The zero-order valence-corrected chi connectivity index (χ0v) is 14.0. The van der Waals surface area contributed by atoms with Gasteiger partial charge in [-0.15, -0.1) is 11.8 Å². The fourth-order valence-corrected chi connectivity index (χ4v) is 3.50.